The number of nitrogens with one attached hydrogen (secondary N) is 1. The van der Waals surface area contributed by atoms with Gasteiger partial charge in [0.05, 0.1) is 0 Å². The van der Waals surface area contributed by atoms with Crippen LogP contribution in [0.1, 0.15) is 31.4 Å². The summed E-state index contributed by atoms with van der Waals surface area (Å²) in [6.07, 6.45) is 3.54. The minimum Gasteiger partial charge on any atom is -0.313 e. The lowest BCUT2D eigenvalue weighted by atomic mass is 10.1. The van der Waals surface area contributed by atoms with Crippen LogP contribution < -0.4 is 5.32 Å². The van der Waals surface area contributed by atoms with Crippen LogP contribution in [0.2, 0.25) is 5.02 Å². The van der Waals surface area contributed by atoms with Crippen molar-refractivity contribution in [3.8, 4) is 0 Å². The summed E-state index contributed by atoms with van der Waals surface area (Å²) in [4.78, 5) is 0. The Hall–Kier alpha value is -0.530. The van der Waals surface area contributed by atoms with Crippen molar-refractivity contribution in [2.24, 2.45) is 5.92 Å². The molecule has 0 heterocycles. The molecular weight excluding hydrogens is 218 g/mol. The van der Waals surface area contributed by atoms with Gasteiger partial charge in [-0.15, -0.1) is 0 Å². The molecule has 0 saturated heterocycles. The van der Waals surface area contributed by atoms with Crippen LogP contribution >= 0.6 is 11.6 Å². The van der Waals surface area contributed by atoms with Gasteiger partial charge in [0.1, 0.15) is 0 Å². The SMILES string of the molecule is CCC(C)CNC1Cc2ccc(Cl)cc2C1. The van der Waals surface area contributed by atoms with Gasteiger partial charge < -0.3 is 5.32 Å². The first kappa shape index (κ1) is 11.9. The smallest absolute Gasteiger partial charge is 0.0408 e. The second-order valence-electron chi connectivity index (χ2n) is 4.94. The zero-order valence-electron chi connectivity index (χ0n) is 10.1. The van der Waals surface area contributed by atoms with Gasteiger partial charge in [-0.2, -0.15) is 0 Å². The first-order valence-corrected chi connectivity index (χ1v) is 6.57. The van der Waals surface area contributed by atoms with Crippen LogP contribution in [-0.2, 0) is 12.8 Å². The lowest BCUT2D eigenvalue weighted by Crippen LogP contribution is -2.33. The molecule has 1 aliphatic carbocycles. The molecule has 0 bridgehead atoms. The highest BCUT2D eigenvalue weighted by atomic mass is 35.5. The van der Waals surface area contributed by atoms with Crippen molar-refractivity contribution in [3.63, 3.8) is 0 Å². The van der Waals surface area contributed by atoms with E-state index in [1.54, 1.807) is 0 Å². The third-order valence-corrected chi connectivity index (χ3v) is 3.79. The molecule has 2 unspecified atom stereocenters. The Morgan fingerprint density at radius 2 is 2.12 bits per heavy atom. The maximum Gasteiger partial charge on any atom is 0.0408 e. The van der Waals surface area contributed by atoms with Crippen molar-refractivity contribution in [1.29, 1.82) is 0 Å². The summed E-state index contributed by atoms with van der Waals surface area (Å²) in [5.74, 6) is 0.771. The maximum absolute atomic E-state index is 6.00. The van der Waals surface area contributed by atoms with Crippen molar-refractivity contribution in [1.82, 2.24) is 5.32 Å². The van der Waals surface area contributed by atoms with Gasteiger partial charge in [-0.3, -0.25) is 0 Å². The van der Waals surface area contributed by atoms with E-state index in [1.165, 1.54) is 17.5 Å². The fourth-order valence-corrected chi connectivity index (χ4v) is 2.44. The molecule has 1 nitrogen and oxygen atoms in total. The third kappa shape index (κ3) is 2.78. The highest BCUT2D eigenvalue weighted by molar-refractivity contribution is 6.30. The summed E-state index contributed by atoms with van der Waals surface area (Å²) in [7, 11) is 0. The summed E-state index contributed by atoms with van der Waals surface area (Å²) in [5, 5.41) is 4.52. The Kier molecular flexibility index (Phi) is 3.88. The Labute approximate surface area is 103 Å². The molecule has 0 spiro atoms. The van der Waals surface area contributed by atoms with Crippen molar-refractivity contribution >= 4 is 11.6 Å². The fraction of sp³-hybridized carbons (Fsp3) is 0.571. The van der Waals surface area contributed by atoms with E-state index in [4.69, 9.17) is 11.6 Å². The van der Waals surface area contributed by atoms with E-state index in [2.05, 4.69) is 31.3 Å². The summed E-state index contributed by atoms with van der Waals surface area (Å²) in [6, 6.07) is 6.89. The molecule has 0 saturated carbocycles. The molecule has 0 radical (unpaired) electrons. The third-order valence-electron chi connectivity index (χ3n) is 3.55. The number of rotatable bonds is 4. The molecule has 2 rings (SSSR count). The Morgan fingerprint density at radius 3 is 2.88 bits per heavy atom. The molecule has 0 aliphatic heterocycles. The lowest BCUT2D eigenvalue weighted by molar-refractivity contribution is 0.445. The van der Waals surface area contributed by atoms with E-state index in [9.17, 15) is 0 Å². The first-order chi connectivity index (χ1) is 7.69. The predicted molar refractivity (Wildman–Crippen MR) is 70.1 cm³/mol. The molecular formula is C14H20ClN. The quantitative estimate of drug-likeness (QED) is 0.846. The molecule has 2 atom stereocenters. The van der Waals surface area contributed by atoms with Gasteiger partial charge in [-0.05, 0) is 48.6 Å². The first-order valence-electron chi connectivity index (χ1n) is 6.19. The predicted octanol–water partition coefficient (Wildman–Crippen LogP) is 3.44. The van der Waals surface area contributed by atoms with Crippen LogP contribution in [0.3, 0.4) is 0 Å². The Morgan fingerprint density at radius 1 is 1.38 bits per heavy atom. The normalized spacial score (nSPS) is 20.8. The lowest BCUT2D eigenvalue weighted by Gasteiger charge is -2.15. The van der Waals surface area contributed by atoms with Crippen LogP contribution in [0.15, 0.2) is 18.2 Å². The van der Waals surface area contributed by atoms with E-state index >= 15 is 0 Å². The molecule has 88 valence electrons. The van der Waals surface area contributed by atoms with Gasteiger partial charge in [-0.1, -0.05) is 37.9 Å². The molecule has 0 fully saturated rings. The van der Waals surface area contributed by atoms with Crippen LogP contribution in [0.5, 0.6) is 0 Å². The van der Waals surface area contributed by atoms with E-state index in [0.29, 0.717) is 6.04 Å². The molecule has 16 heavy (non-hydrogen) atoms. The number of benzene rings is 1. The van der Waals surface area contributed by atoms with E-state index in [1.807, 2.05) is 6.07 Å². The second kappa shape index (κ2) is 5.20. The van der Waals surface area contributed by atoms with Gasteiger partial charge in [0.15, 0.2) is 0 Å². The molecule has 2 heteroatoms. The van der Waals surface area contributed by atoms with Gasteiger partial charge in [0.25, 0.3) is 0 Å². The van der Waals surface area contributed by atoms with E-state index < -0.39 is 0 Å². The summed E-state index contributed by atoms with van der Waals surface area (Å²) >= 11 is 6.00. The van der Waals surface area contributed by atoms with E-state index in [-0.39, 0.29) is 0 Å². The van der Waals surface area contributed by atoms with Crippen LogP contribution in [-0.4, -0.2) is 12.6 Å². The number of hydrogen-bond acceptors (Lipinski definition) is 1. The zero-order valence-corrected chi connectivity index (χ0v) is 10.8. The topological polar surface area (TPSA) is 12.0 Å². The molecule has 1 N–H and O–H groups in total. The average molecular weight is 238 g/mol. The van der Waals surface area contributed by atoms with Gasteiger partial charge >= 0.3 is 0 Å². The summed E-state index contributed by atoms with van der Waals surface area (Å²) in [6.45, 7) is 5.67. The fourth-order valence-electron chi connectivity index (χ4n) is 2.24. The number of halogens is 1. The van der Waals surface area contributed by atoms with Gasteiger partial charge in [-0.25, -0.2) is 0 Å². The monoisotopic (exact) mass is 237 g/mol. The van der Waals surface area contributed by atoms with E-state index in [0.717, 1.165) is 30.3 Å². The minimum absolute atomic E-state index is 0.613. The molecule has 1 aliphatic rings. The Balaban J connectivity index is 1.90. The molecule has 0 aromatic heterocycles. The Bertz CT molecular complexity index is 362. The minimum atomic E-state index is 0.613. The zero-order chi connectivity index (χ0) is 11.5. The average Bonchev–Trinajstić information content (AvgIpc) is 2.67. The van der Waals surface area contributed by atoms with Crippen LogP contribution in [0.4, 0.5) is 0 Å². The van der Waals surface area contributed by atoms with Gasteiger partial charge in [0, 0.05) is 11.1 Å². The molecule has 0 amide bonds. The second-order valence-corrected chi connectivity index (χ2v) is 5.38. The molecule has 1 aromatic rings. The van der Waals surface area contributed by atoms with Crippen molar-refractivity contribution in [2.75, 3.05) is 6.54 Å². The van der Waals surface area contributed by atoms with Crippen molar-refractivity contribution < 1.29 is 0 Å². The van der Waals surface area contributed by atoms with Crippen LogP contribution in [0.25, 0.3) is 0 Å². The van der Waals surface area contributed by atoms with Crippen LogP contribution in [0, 0.1) is 5.92 Å². The highest BCUT2D eigenvalue weighted by Crippen LogP contribution is 2.25. The number of fused-ring (bicyclic) bond motifs is 1. The highest BCUT2D eigenvalue weighted by Gasteiger charge is 2.21. The largest absolute Gasteiger partial charge is 0.313 e. The summed E-state index contributed by atoms with van der Waals surface area (Å²) < 4.78 is 0. The molecule has 1 aromatic carbocycles. The summed E-state index contributed by atoms with van der Waals surface area (Å²) in [5.41, 5.74) is 2.89. The standard InChI is InChI=1S/C14H20ClN/c1-3-10(2)9-16-14-7-11-4-5-13(15)6-12(11)8-14/h4-6,10,14,16H,3,7-9H2,1-2H3. The van der Waals surface area contributed by atoms with Gasteiger partial charge in [0.2, 0.25) is 0 Å². The maximum atomic E-state index is 6.00. The van der Waals surface area contributed by atoms with Crippen molar-refractivity contribution in [2.45, 2.75) is 39.2 Å². The van der Waals surface area contributed by atoms with Crippen molar-refractivity contribution in [3.05, 3.63) is 34.3 Å². The number of hydrogen-bond donors (Lipinski definition) is 1.